The molecule has 0 saturated heterocycles. The molecule has 0 N–H and O–H groups in total. The van der Waals surface area contributed by atoms with Crippen LogP contribution in [0.1, 0.15) is 63.5 Å². The zero-order valence-corrected chi connectivity index (χ0v) is 13.8. The molecule has 3 heteroatoms. The van der Waals surface area contributed by atoms with Crippen LogP contribution in [-0.2, 0) is 0 Å². The van der Waals surface area contributed by atoms with Gasteiger partial charge in [0.1, 0.15) is 0 Å². The van der Waals surface area contributed by atoms with Crippen molar-refractivity contribution in [1.82, 2.24) is 4.98 Å². The maximum absolute atomic E-state index is 8.95. The van der Waals surface area contributed by atoms with Crippen LogP contribution >= 0.6 is 0 Å². The fourth-order valence-electron chi connectivity index (χ4n) is 2.19. The Morgan fingerprint density at radius 1 is 1.41 bits per heavy atom. The van der Waals surface area contributed by atoms with Crippen molar-refractivity contribution in [2.24, 2.45) is 4.99 Å². The first-order chi connectivity index (χ1) is 10.8. The molecule has 0 aromatic carbocycles. The van der Waals surface area contributed by atoms with E-state index in [1.807, 2.05) is 25.5 Å². The van der Waals surface area contributed by atoms with Crippen molar-refractivity contribution in [2.45, 2.75) is 52.4 Å². The molecule has 1 aromatic rings. The molecule has 3 nitrogen and oxygen atoms in total. The molecule has 1 aromatic heterocycles. The summed E-state index contributed by atoms with van der Waals surface area (Å²) < 4.78 is 0. The third-order valence-electron chi connectivity index (χ3n) is 3.51. The van der Waals surface area contributed by atoms with Gasteiger partial charge < -0.3 is 0 Å². The van der Waals surface area contributed by atoms with Crippen LogP contribution in [0, 0.1) is 11.3 Å². The minimum atomic E-state index is 0.244. The van der Waals surface area contributed by atoms with E-state index in [2.05, 4.69) is 48.1 Å². The van der Waals surface area contributed by atoms with E-state index in [1.54, 1.807) is 6.21 Å². The first-order valence-corrected chi connectivity index (χ1v) is 7.93. The lowest BCUT2D eigenvalue weighted by Gasteiger charge is -2.12. The lowest BCUT2D eigenvalue weighted by Crippen LogP contribution is -1.98. The summed E-state index contributed by atoms with van der Waals surface area (Å²) in [6.07, 6.45) is 15.3. The summed E-state index contributed by atoms with van der Waals surface area (Å²) in [6, 6.07) is 4.39. The minimum absolute atomic E-state index is 0.244. The van der Waals surface area contributed by atoms with Gasteiger partial charge in [0, 0.05) is 42.4 Å². The van der Waals surface area contributed by atoms with Crippen molar-refractivity contribution < 1.29 is 0 Å². The van der Waals surface area contributed by atoms with Gasteiger partial charge in [-0.05, 0) is 37.3 Å². The van der Waals surface area contributed by atoms with E-state index in [9.17, 15) is 0 Å². The molecule has 116 valence electrons. The molecular formula is C19H25N3. The average Bonchev–Trinajstić information content (AvgIpc) is 2.56. The Morgan fingerprint density at radius 2 is 2.23 bits per heavy atom. The number of hydrogen-bond donors (Lipinski definition) is 0. The minimum Gasteiger partial charge on any atom is -0.269 e. The number of aromatic nitrogens is 1. The molecule has 0 saturated carbocycles. The molecule has 0 bridgehead atoms. The highest BCUT2D eigenvalue weighted by atomic mass is 14.7. The van der Waals surface area contributed by atoms with Crippen molar-refractivity contribution in [1.29, 1.82) is 5.26 Å². The molecule has 0 aliphatic rings. The largest absolute Gasteiger partial charge is 0.269 e. The smallest absolute Gasteiger partial charge is 0.0628 e. The summed E-state index contributed by atoms with van der Waals surface area (Å²) in [5.41, 5.74) is 3.22. The highest BCUT2D eigenvalue weighted by Crippen LogP contribution is 2.25. The quantitative estimate of drug-likeness (QED) is 0.484. The summed E-state index contributed by atoms with van der Waals surface area (Å²) in [4.78, 5) is 8.60. The van der Waals surface area contributed by atoms with E-state index in [0.717, 1.165) is 36.0 Å². The Kier molecular flexibility index (Phi) is 8.52. The van der Waals surface area contributed by atoms with E-state index >= 15 is 0 Å². The molecule has 0 fully saturated rings. The van der Waals surface area contributed by atoms with Gasteiger partial charge in [-0.3, -0.25) is 9.98 Å². The van der Waals surface area contributed by atoms with E-state index in [4.69, 9.17) is 5.26 Å². The van der Waals surface area contributed by atoms with E-state index in [-0.39, 0.29) is 5.92 Å². The van der Waals surface area contributed by atoms with Crippen molar-refractivity contribution in [3.8, 4) is 6.07 Å². The second-order valence-corrected chi connectivity index (χ2v) is 5.16. The average molecular weight is 295 g/mol. The number of unbranched alkanes of at least 4 members (excludes halogenated alkanes) is 1. The zero-order chi connectivity index (χ0) is 16.2. The molecule has 0 aliphatic heterocycles. The van der Waals surface area contributed by atoms with Crippen molar-refractivity contribution >= 4 is 11.8 Å². The summed E-state index contributed by atoms with van der Waals surface area (Å²) in [7, 11) is 0. The molecule has 1 heterocycles. The first-order valence-electron chi connectivity index (χ1n) is 7.93. The second kappa shape index (κ2) is 10.5. The van der Waals surface area contributed by atoms with Crippen LogP contribution in [0.2, 0.25) is 0 Å². The Labute approximate surface area is 134 Å². The fraction of sp³-hybridized carbons (Fsp3) is 0.421. The SMILES string of the molecule is CC=N/C=C(\C=C\CCC)c1cncc(C(CC)CC#N)c1. The maximum atomic E-state index is 8.95. The Hall–Kier alpha value is -2.21. The van der Waals surface area contributed by atoms with E-state index in [0.29, 0.717) is 6.42 Å². The molecule has 1 atom stereocenters. The van der Waals surface area contributed by atoms with Crippen molar-refractivity contribution in [3.05, 3.63) is 47.9 Å². The Balaban J connectivity index is 3.12. The van der Waals surface area contributed by atoms with Crippen LogP contribution in [0.5, 0.6) is 0 Å². The van der Waals surface area contributed by atoms with Gasteiger partial charge in [-0.1, -0.05) is 32.4 Å². The van der Waals surface area contributed by atoms with Gasteiger partial charge in [0.05, 0.1) is 6.07 Å². The lowest BCUT2D eigenvalue weighted by molar-refractivity contribution is 0.677. The summed E-state index contributed by atoms with van der Waals surface area (Å²) in [5.74, 6) is 0.244. The molecular weight excluding hydrogens is 270 g/mol. The van der Waals surface area contributed by atoms with Gasteiger partial charge in [-0.2, -0.15) is 5.26 Å². The number of nitrogens with zero attached hydrogens (tertiary/aromatic N) is 3. The first kappa shape index (κ1) is 17.8. The number of hydrogen-bond acceptors (Lipinski definition) is 3. The van der Waals surface area contributed by atoms with Crippen LogP contribution in [0.25, 0.3) is 5.57 Å². The summed E-state index contributed by atoms with van der Waals surface area (Å²) in [5, 5.41) is 8.95. The highest BCUT2D eigenvalue weighted by Gasteiger charge is 2.10. The van der Waals surface area contributed by atoms with Crippen LogP contribution in [0.4, 0.5) is 0 Å². The van der Waals surface area contributed by atoms with Crippen molar-refractivity contribution in [3.63, 3.8) is 0 Å². The second-order valence-electron chi connectivity index (χ2n) is 5.16. The van der Waals surface area contributed by atoms with Crippen LogP contribution in [-0.4, -0.2) is 11.2 Å². The van der Waals surface area contributed by atoms with Crippen molar-refractivity contribution in [2.75, 3.05) is 0 Å². The standard InChI is InChI=1S/C19H25N3/c1-4-7-8-9-17(13-21-6-3)19-12-18(14-22-15-19)16(5-2)10-11-20/h6,8-9,12-16H,4-5,7,10H2,1-3H3/b9-8+,17-13+,21-6?. The molecule has 1 rings (SSSR count). The third kappa shape index (κ3) is 5.65. The topological polar surface area (TPSA) is 49.0 Å². The molecule has 0 radical (unpaired) electrons. The fourth-order valence-corrected chi connectivity index (χ4v) is 2.19. The monoisotopic (exact) mass is 295 g/mol. The molecule has 0 spiro atoms. The van der Waals surface area contributed by atoms with Gasteiger partial charge in [-0.25, -0.2) is 0 Å². The number of nitriles is 1. The van der Waals surface area contributed by atoms with Gasteiger partial charge in [0.15, 0.2) is 0 Å². The molecule has 22 heavy (non-hydrogen) atoms. The number of allylic oxidation sites excluding steroid dienone is 3. The predicted octanol–water partition coefficient (Wildman–Crippen LogP) is 5.28. The molecule has 1 unspecified atom stereocenters. The molecule has 0 aliphatic carbocycles. The zero-order valence-electron chi connectivity index (χ0n) is 13.8. The third-order valence-corrected chi connectivity index (χ3v) is 3.51. The van der Waals surface area contributed by atoms with Gasteiger partial charge >= 0.3 is 0 Å². The van der Waals surface area contributed by atoms with Gasteiger partial charge in [0.25, 0.3) is 0 Å². The Morgan fingerprint density at radius 3 is 2.86 bits per heavy atom. The summed E-state index contributed by atoms with van der Waals surface area (Å²) >= 11 is 0. The van der Waals surface area contributed by atoms with E-state index in [1.165, 1.54) is 0 Å². The lowest BCUT2D eigenvalue weighted by atomic mass is 9.93. The normalized spacial score (nSPS) is 13.6. The number of rotatable bonds is 8. The summed E-state index contributed by atoms with van der Waals surface area (Å²) in [6.45, 7) is 6.17. The van der Waals surface area contributed by atoms with Crippen LogP contribution < -0.4 is 0 Å². The Bertz CT molecular complexity index is 577. The predicted molar refractivity (Wildman–Crippen MR) is 93.7 cm³/mol. The van der Waals surface area contributed by atoms with Gasteiger partial charge in [0.2, 0.25) is 0 Å². The van der Waals surface area contributed by atoms with Crippen LogP contribution in [0.15, 0.2) is 41.8 Å². The highest BCUT2D eigenvalue weighted by molar-refractivity contribution is 5.74. The van der Waals surface area contributed by atoms with Crippen LogP contribution in [0.3, 0.4) is 0 Å². The van der Waals surface area contributed by atoms with Gasteiger partial charge in [-0.15, -0.1) is 0 Å². The molecule has 0 amide bonds. The number of aliphatic imine (C=N–C) groups is 1. The maximum Gasteiger partial charge on any atom is 0.0628 e. The van der Waals surface area contributed by atoms with E-state index < -0.39 is 0 Å². The number of pyridine rings is 1.